The van der Waals surface area contributed by atoms with Gasteiger partial charge < -0.3 is 5.11 Å². The van der Waals surface area contributed by atoms with Crippen molar-refractivity contribution in [2.24, 2.45) is 0 Å². The van der Waals surface area contributed by atoms with Crippen molar-refractivity contribution < 1.29 is 9.50 Å². The summed E-state index contributed by atoms with van der Waals surface area (Å²) in [5.74, 6) is -0.589. The zero-order valence-electron chi connectivity index (χ0n) is 6.92. The Morgan fingerprint density at radius 2 is 2.15 bits per heavy atom. The van der Waals surface area contributed by atoms with Crippen LogP contribution in [0.4, 0.5) is 4.39 Å². The average Bonchev–Trinajstić information content (AvgIpc) is 2.85. The van der Waals surface area contributed by atoms with Gasteiger partial charge in [0, 0.05) is 11.6 Å². The van der Waals surface area contributed by atoms with Crippen molar-refractivity contribution in [3.05, 3.63) is 29.6 Å². The molecule has 1 aliphatic carbocycles. The summed E-state index contributed by atoms with van der Waals surface area (Å²) >= 11 is 0. The van der Waals surface area contributed by atoms with Crippen LogP contribution in [-0.2, 0) is 5.41 Å². The summed E-state index contributed by atoms with van der Waals surface area (Å²) < 4.78 is 13.3. The first-order valence-corrected chi connectivity index (χ1v) is 4.08. The smallest absolute Gasteiger partial charge is 0.131 e. The van der Waals surface area contributed by atoms with Crippen LogP contribution >= 0.6 is 0 Å². The van der Waals surface area contributed by atoms with E-state index in [1.54, 1.807) is 0 Å². The van der Waals surface area contributed by atoms with Gasteiger partial charge in [-0.3, -0.25) is 0 Å². The van der Waals surface area contributed by atoms with E-state index in [9.17, 15) is 4.39 Å². The largest absolute Gasteiger partial charge is 0.508 e. The van der Waals surface area contributed by atoms with Gasteiger partial charge in [0.15, 0.2) is 0 Å². The summed E-state index contributed by atoms with van der Waals surface area (Å²) in [6.07, 6.45) is 1.43. The number of phenols is 1. The number of aromatic hydroxyl groups is 1. The molecule has 2 rings (SSSR count). The van der Waals surface area contributed by atoms with Crippen LogP contribution in [0.3, 0.4) is 0 Å². The van der Waals surface area contributed by atoms with Crippen LogP contribution in [0.2, 0.25) is 0 Å². The first-order chi connectivity index (χ1) is 6.18. The summed E-state index contributed by atoms with van der Waals surface area (Å²) in [5.41, 5.74) is -0.203. The van der Waals surface area contributed by atoms with Crippen LogP contribution in [0.25, 0.3) is 0 Å². The first kappa shape index (κ1) is 8.06. The molecule has 1 aliphatic rings. The molecule has 1 aromatic rings. The maximum absolute atomic E-state index is 13.3. The molecule has 2 nitrogen and oxygen atoms in total. The van der Waals surface area contributed by atoms with E-state index in [1.165, 1.54) is 12.1 Å². The van der Waals surface area contributed by atoms with Gasteiger partial charge >= 0.3 is 0 Å². The third kappa shape index (κ3) is 1.15. The van der Waals surface area contributed by atoms with E-state index in [1.807, 2.05) is 0 Å². The van der Waals surface area contributed by atoms with Crippen molar-refractivity contribution >= 4 is 0 Å². The molecule has 0 aromatic heterocycles. The van der Waals surface area contributed by atoms with Crippen LogP contribution in [0.1, 0.15) is 18.4 Å². The molecule has 0 amide bonds. The number of benzene rings is 1. The van der Waals surface area contributed by atoms with E-state index >= 15 is 0 Å². The molecule has 0 spiro atoms. The fourth-order valence-electron chi connectivity index (χ4n) is 1.46. The van der Waals surface area contributed by atoms with Crippen molar-refractivity contribution in [1.82, 2.24) is 0 Å². The topological polar surface area (TPSA) is 44.0 Å². The maximum Gasteiger partial charge on any atom is 0.131 e. The minimum Gasteiger partial charge on any atom is -0.508 e. The zero-order chi connectivity index (χ0) is 9.47. The van der Waals surface area contributed by atoms with E-state index in [0.29, 0.717) is 18.4 Å². The molecule has 0 aliphatic heterocycles. The van der Waals surface area contributed by atoms with Gasteiger partial charge in [-0.25, -0.2) is 4.39 Å². The third-order valence-electron chi connectivity index (χ3n) is 2.43. The molecule has 0 radical (unpaired) electrons. The van der Waals surface area contributed by atoms with Crippen molar-refractivity contribution in [2.45, 2.75) is 18.3 Å². The Hall–Kier alpha value is -1.56. The van der Waals surface area contributed by atoms with Gasteiger partial charge in [0.2, 0.25) is 0 Å². The van der Waals surface area contributed by atoms with Crippen LogP contribution in [0, 0.1) is 17.1 Å². The van der Waals surface area contributed by atoms with Crippen LogP contribution in [0.15, 0.2) is 18.2 Å². The molecule has 1 saturated carbocycles. The highest BCUT2D eigenvalue weighted by Gasteiger charge is 2.46. The molecule has 3 heteroatoms. The minimum atomic E-state index is -0.613. The van der Waals surface area contributed by atoms with E-state index in [0.717, 1.165) is 6.07 Å². The number of halogens is 1. The quantitative estimate of drug-likeness (QED) is 0.713. The Morgan fingerprint density at radius 3 is 2.62 bits per heavy atom. The Morgan fingerprint density at radius 1 is 1.46 bits per heavy atom. The maximum atomic E-state index is 13.3. The fraction of sp³-hybridized carbons (Fsp3) is 0.300. The summed E-state index contributed by atoms with van der Waals surface area (Å²) in [6, 6.07) is 6.06. The summed E-state index contributed by atoms with van der Waals surface area (Å²) in [7, 11) is 0. The molecule has 1 fully saturated rings. The molecular weight excluding hydrogens is 169 g/mol. The Labute approximate surface area is 75.2 Å². The lowest BCUT2D eigenvalue weighted by atomic mass is 9.97. The molecular formula is C10H8FNO. The van der Waals surface area contributed by atoms with Crippen LogP contribution in [-0.4, -0.2) is 5.11 Å². The monoisotopic (exact) mass is 177 g/mol. The molecule has 0 saturated heterocycles. The number of nitriles is 1. The molecule has 13 heavy (non-hydrogen) atoms. The van der Waals surface area contributed by atoms with E-state index < -0.39 is 11.2 Å². The Kier molecular flexibility index (Phi) is 1.53. The number of rotatable bonds is 1. The summed E-state index contributed by atoms with van der Waals surface area (Å²) in [4.78, 5) is 0. The molecule has 0 unspecified atom stereocenters. The van der Waals surface area contributed by atoms with Crippen LogP contribution in [0.5, 0.6) is 5.75 Å². The lowest BCUT2D eigenvalue weighted by Gasteiger charge is -2.06. The number of phenolic OH excluding ortho intramolecular Hbond substituents is 1. The van der Waals surface area contributed by atoms with Crippen LogP contribution < -0.4 is 0 Å². The number of hydrogen-bond acceptors (Lipinski definition) is 2. The lowest BCUT2D eigenvalue weighted by Crippen LogP contribution is -2.05. The highest BCUT2D eigenvalue weighted by molar-refractivity contribution is 5.42. The molecule has 1 N–H and O–H groups in total. The molecule has 0 bridgehead atoms. The van der Waals surface area contributed by atoms with Crippen molar-refractivity contribution in [2.75, 3.05) is 0 Å². The van der Waals surface area contributed by atoms with Gasteiger partial charge in [0.25, 0.3) is 0 Å². The molecule has 1 aromatic carbocycles. The van der Waals surface area contributed by atoms with E-state index in [4.69, 9.17) is 10.4 Å². The highest BCUT2D eigenvalue weighted by Crippen LogP contribution is 2.48. The normalized spacial score (nSPS) is 17.8. The number of nitrogens with zero attached hydrogens (tertiary/aromatic N) is 1. The molecule has 0 heterocycles. The van der Waals surface area contributed by atoms with Gasteiger partial charge in [0.1, 0.15) is 11.6 Å². The van der Waals surface area contributed by atoms with Crippen molar-refractivity contribution in [3.8, 4) is 11.8 Å². The van der Waals surface area contributed by atoms with Gasteiger partial charge in [-0.2, -0.15) is 5.26 Å². The first-order valence-electron chi connectivity index (χ1n) is 4.08. The van der Waals surface area contributed by atoms with Gasteiger partial charge in [0.05, 0.1) is 11.5 Å². The summed E-state index contributed by atoms with van der Waals surface area (Å²) in [5, 5.41) is 17.8. The van der Waals surface area contributed by atoms with Gasteiger partial charge in [-0.1, -0.05) is 6.07 Å². The fourth-order valence-corrected chi connectivity index (χ4v) is 1.46. The van der Waals surface area contributed by atoms with E-state index in [-0.39, 0.29) is 5.75 Å². The number of hydrogen-bond donors (Lipinski definition) is 1. The standard InChI is InChI=1S/C10H8FNO/c11-9-5-7(13)1-2-8(9)10(6-12)3-4-10/h1-2,5,13H,3-4H2. The second kappa shape index (κ2) is 2.46. The second-order valence-corrected chi connectivity index (χ2v) is 3.36. The van der Waals surface area contributed by atoms with Crippen molar-refractivity contribution in [1.29, 1.82) is 5.26 Å². The van der Waals surface area contributed by atoms with Crippen molar-refractivity contribution in [3.63, 3.8) is 0 Å². The predicted octanol–water partition coefficient (Wildman–Crippen LogP) is 2.09. The molecule has 66 valence electrons. The average molecular weight is 177 g/mol. The lowest BCUT2D eigenvalue weighted by molar-refractivity contribution is 0.467. The Bertz CT molecular complexity index is 390. The SMILES string of the molecule is N#CC1(c2ccc(O)cc2F)CC1. The van der Waals surface area contributed by atoms with Gasteiger partial charge in [-0.15, -0.1) is 0 Å². The second-order valence-electron chi connectivity index (χ2n) is 3.36. The van der Waals surface area contributed by atoms with E-state index in [2.05, 4.69) is 6.07 Å². The Balaban J connectivity index is 2.48. The van der Waals surface area contributed by atoms with Gasteiger partial charge in [-0.05, 0) is 18.9 Å². The third-order valence-corrected chi connectivity index (χ3v) is 2.43. The summed E-state index contributed by atoms with van der Waals surface area (Å²) in [6.45, 7) is 0. The highest BCUT2D eigenvalue weighted by atomic mass is 19.1. The minimum absolute atomic E-state index is 0.102. The zero-order valence-corrected chi connectivity index (χ0v) is 6.92. The molecule has 0 atom stereocenters. The predicted molar refractivity (Wildman–Crippen MR) is 44.6 cm³/mol.